The van der Waals surface area contributed by atoms with Gasteiger partial charge in [-0.1, -0.05) is 40.9 Å². The molecule has 22 heavy (non-hydrogen) atoms. The summed E-state index contributed by atoms with van der Waals surface area (Å²) >= 11 is 5.98. The van der Waals surface area contributed by atoms with Gasteiger partial charge in [0.1, 0.15) is 5.69 Å². The first-order valence-corrected chi connectivity index (χ1v) is 7.93. The summed E-state index contributed by atoms with van der Waals surface area (Å²) in [5.74, 6) is -0.0378. The van der Waals surface area contributed by atoms with Gasteiger partial charge < -0.3 is 4.90 Å². The van der Waals surface area contributed by atoms with Gasteiger partial charge in [0.05, 0.1) is 6.04 Å². The summed E-state index contributed by atoms with van der Waals surface area (Å²) < 4.78 is 0. The molecule has 1 fully saturated rings. The van der Waals surface area contributed by atoms with Gasteiger partial charge in [-0.15, -0.1) is 0 Å². The molecule has 1 unspecified atom stereocenters. The lowest BCUT2D eigenvalue weighted by Crippen LogP contribution is -2.31. The van der Waals surface area contributed by atoms with Crippen LogP contribution in [0.25, 0.3) is 0 Å². The molecule has 1 aromatic heterocycles. The summed E-state index contributed by atoms with van der Waals surface area (Å²) in [5, 5.41) is 0.542. The van der Waals surface area contributed by atoms with Crippen molar-refractivity contribution in [3.63, 3.8) is 0 Å². The number of aromatic nitrogens is 1. The van der Waals surface area contributed by atoms with Crippen LogP contribution in [0.1, 0.15) is 46.1 Å². The van der Waals surface area contributed by atoms with Crippen LogP contribution in [0.2, 0.25) is 5.02 Å². The van der Waals surface area contributed by atoms with Crippen LogP contribution in [0, 0.1) is 13.8 Å². The van der Waals surface area contributed by atoms with Gasteiger partial charge in [0.15, 0.2) is 0 Å². The zero-order chi connectivity index (χ0) is 15.7. The average Bonchev–Trinajstić information content (AvgIpc) is 2.95. The monoisotopic (exact) mass is 314 g/mol. The second-order valence-corrected chi connectivity index (χ2v) is 6.37. The Kier molecular flexibility index (Phi) is 4.16. The molecule has 114 valence electrons. The van der Waals surface area contributed by atoms with E-state index >= 15 is 0 Å². The molecule has 0 N–H and O–H groups in total. The number of hydrogen-bond acceptors (Lipinski definition) is 2. The first-order valence-electron chi connectivity index (χ1n) is 7.55. The number of hydrogen-bond donors (Lipinski definition) is 0. The molecule has 0 bridgehead atoms. The molecule has 0 aliphatic carbocycles. The fourth-order valence-electron chi connectivity index (χ4n) is 3.23. The second-order valence-electron chi connectivity index (χ2n) is 5.94. The van der Waals surface area contributed by atoms with E-state index in [9.17, 15) is 4.79 Å². The first kappa shape index (κ1) is 15.0. The number of benzene rings is 1. The molecule has 1 saturated heterocycles. The number of carbonyl (C=O) groups is 1. The van der Waals surface area contributed by atoms with Crippen LogP contribution in [0.4, 0.5) is 0 Å². The molecule has 1 aliphatic rings. The Bertz CT molecular complexity index is 694. The highest BCUT2D eigenvalue weighted by Crippen LogP contribution is 2.34. The van der Waals surface area contributed by atoms with Gasteiger partial charge in [-0.05, 0) is 44.4 Å². The molecule has 0 radical (unpaired) electrons. The maximum Gasteiger partial charge on any atom is 0.273 e. The number of aryl methyl sites for hydroxylation is 2. The smallest absolute Gasteiger partial charge is 0.273 e. The summed E-state index contributed by atoms with van der Waals surface area (Å²) in [7, 11) is 0. The summed E-state index contributed by atoms with van der Waals surface area (Å²) in [4.78, 5) is 18.9. The van der Waals surface area contributed by atoms with Gasteiger partial charge >= 0.3 is 0 Å². The minimum atomic E-state index is -0.0378. The van der Waals surface area contributed by atoms with E-state index in [4.69, 9.17) is 11.6 Å². The lowest BCUT2D eigenvalue weighted by molar-refractivity contribution is 0.0729. The molecule has 1 atom stereocenters. The third-order valence-electron chi connectivity index (χ3n) is 4.08. The topological polar surface area (TPSA) is 33.2 Å². The number of pyridine rings is 1. The van der Waals surface area contributed by atoms with Crippen molar-refractivity contribution >= 4 is 17.5 Å². The molecule has 0 spiro atoms. The predicted octanol–water partition coefficient (Wildman–Crippen LogP) is 4.33. The predicted molar refractivity (Wildman–Crippen MR) is 88.2 cm³/mol. The van der Waals surface area contributed by atoms with Gasteiger partial charge in [-0.3, -0.25) is 9.78 Å². The number of carbonyl (C=O) groups excluding carboxylic acids is 1. The fourth-order valence-corrected chi connectivity index (χ4v) is 3.39. The highest BCUT2D eigenvalue weighted by atomic mass is 35.5. The molecular weight excluding hydrogens is 296 g/mol. The van der Waals surface area contributed by atoms with Crippen molar-refractivity contribution in [2.45, 2.75) is 32.7 Å². The van der Waals surface area contributed by atoms with Crippen LogP contribution < -0.4 is 0 Å². The maximum atomic E-state index is 12.8. The zero-order valence-electron chi connectivity index (χ0n) is 12.8. The summed E-state index contributed by atoms with van der Waals surface area (Å²) in [6.45, 7) is 4.96. The Morgan fingerprint density at radius 1 is 1.23 bits per heavy atom. The Morgan fingerprint density at radius 2 is 1.95 bits per heavy atom. The van der Waals surface area contributed by atoms with Crippen LogP contribution in [0.3, 0.4) is 0 Å². The number of nitrogens with zero attached hydrogens (tertiary/aromatic N) is 2. The maximum absolute atomic E-state index is 12.8. The van der Waals surface area contributed by atoms with Crippen LogP contribution in [-0.2, 0) is 0 Å². The van der Waals surface area contributed by atoms with Crippen LogP contribution >= 0.6 is 11.6 Å². The van der Waals surface area contributed by atoms with E-state index in [-0.39, 0.29) is 11.9 Å². The van der Waals surface area contributed by atoms with Crippen molar-refractivity contribution < 1.29 is 4.79 Å². The molecular formula is C18H19ClN2O. The lowest BCUT2D eigenvalue weighted by atomic mass is 9.99. The van der Waals surface area contributed by atoms with Crippen molar-refractivity contribution in [2.75, 3.05) is 6.54 Å². The Balaban J connectivity index is 1.91. The SMILES string of the molecule is Cc1cc(C)cc(C2CCCN2C(=O)c2cc(Cl)ccn2)c1. The molecule has 1 aromatic carbocycles. The molecule has 1 amide bonds. The fraction of sp³-hybridized carbons (Fsp3) is 0.333. The number of amides is 1. The number of halogens is 1. The third kappa shape index (κ3) is 3.00. The highest BCUT2D eigenvalue weighted by molar-refractivity contribution is 6.30. The molecule has 1 aliphatic heterocycles. The molecule has 3 nitrogen and oxygen atoms in total. The second kappa shape index (κ2) is 6.09. The van der Waals surface area contributed by atoms with Crippen molar-refractivity contribution in [1.82, 2.24) is 9.88 Å². The van der Waals surface area contributed by atoms with E-state index in [0.717, 1.165) is 19.4 Å². The van der Waals surface area contributed by atoms with E-state index in [1.807, 2.05) is 4.90 Å². The van der Waals surface area contributed by atoms with Crippen LogP contribution in [0.5, 0.6) is 0 Å². The van der Waals surface area contributed by atoms with Gasteiger partial charge in [-0.2, -0.15) is 0 Å². The first-order chi connectivity index (χ1) is 10.5. The molecule has 4 heteroatoms. The normalized spacial score (nSPS) is 17.8. The van der Waals surface area contributed by atoms with Crippen molar-refractivity contribution in [3.05, 3.63) is 63.9 Å². The zero-order valence-corrected chi connectivity index (χ0v) is 13.6. The van der Waals surface area contributed by atoms with E-state index < -0.39 is 0 Å². The van der Waals surface area contributed by atoms with Crippen LogP contribution in [0.15, 0.2) is 36.5 Å². The average molecular weight is 315 g/mol. The van der Waals surface area contributed by atoms with E-state index in [1.54, 1.807) is 18.3 Å². The Morgan fingerprint density at radius 3 is 2.64 bits per heavy atom. The van der Waals surface area contributed by atoms with Crippen LogP contribution in [-0.4, -0.2) is 22.3 Å². The minimum absolute atomic E-state index is 0.0378. The number of rotatable bonds is 2. The van der Waals surface area contributed by atoms with E-state index in [1.165, 1.54) is 16.7 Å². The molecule has 3 rings (SSSR count). The van der Waals surface area contributed by atoms with Crippen molar-refractivity contribution in [2.24, 2.45) is 0 Å². The van der Waals surface area contributed by atoms with Gasteiger partial charge in [0, 0.05) is 17.8 Å². The number of likely N-dealkylation sites (tertiary alicyclic amines) is 1. The lowest BCUT2D eigenvalue weighted by Gasteiger charge is -2.25. The standard InChI is InChI=1S/C18H19ClN2O/c1-12-8-13(2)10-14(9-12)17-4-3-7-21(17)18(22)16-11-15(19)5-6-20-16/h5-6,8-11,17H,3-4,7H2,1-2H3. The third-order valence-corrected chi connectivity index (χ3v) is 4.32. The summed E-state index contributed by atoms with van der Waals surface area (Å²) in [6, 6.07) is 9.96. The quantitative estimate of drug-likeness (QED) is 0.826. The van der Waals surface area contributed by atoms with Gasteiger partial charge in [-0.25, -0.2) is 0 Å². The minimum Gasteiger partial charge on any atom is -0.330 e. The van der Waals surface area contributed by atoms with E-state index in [0.29, 0.717) is 10.7 Å². The molecule has 0 saturated carbocycles. The summed E-state index contributed by atoms with van der Waals surface area (Å²) in [6.07, 6.45) is 3.59. The molecule has 2 aromatic rings. The van der Waals surface area contributed by atoms with Gasteiger partial charge in [0.2, 0.25) is 0 Å². The van der Waals surface area contributed by atoms with Crippen molar-refractivity contribution in [3.8, 4) is 0 Å². The van der Waals surface area contributed by atoms with E-state index in [2.05, 4.69) is 37.0 Å². The Hall–Kier alpha value is -1.87. The Labute approximate surface area is 135 Å². The van der Waals surface area contributed by atoms with Crippen molar-refractivity contribution in [1.29, 1.82) is 0 Å². The molecule has 2 heterocycles. The largest absolute Gasteiger partial charge is 0.330 e. The van der Waals surface area contributed by atoms with Gasteiger partial charge in [0.25, 0.3) is 5.91 Å². The summed E-state index contributed by atoms with van der Waals surface area (Å²) in [5.41, 5.74) is 4.10. The highest BCUT2D eigenvalue weighted by Gasteiger charge is 2.31.